The summed E-state index contributed by atoms with van der Waals surface area (Å²) in [5, 5.41) is 0. The summed E-state index contributed by atoms with van der Waals surface area (Å²) in [7, 11) is 0. The Balaban J connectivity index is 2.77. The molecule has 1 aromatic carbocycles. The zero-order valence-electron chi connectivity index (χ0n) is 7.91. The molecule has 0 heterocycles. The van der Waals surface area contributed by atoms with Gasteiger partial charge >= 0.3 is 11.8 Å². The second-order valence-corrected chi connectivity index (χ2v) is 3.46. The molecule has 1 aliphatic carbocycles. The van der Waals surface area contributed by atoms with Crippen molar-refractivity contribution >= 4 is 5.78 Å². The first kappa shape index (κ1) is 11.9. The van der Waals surface area contributed by atoms with Gasteiger partial charge in [0.2, 0.25) is 5.78 Å². The maximum absolute atomic E-state index is 13.2. The van der Waals surface area contributed by atoms with Crippen LogP contribution in [0, 0.1) is 6.07 Å². The third-order valence-electron chi connectivity index (χ3n) is 2.49. The highest BCUT2D eigenvalue weighted by molar-refractivity contribution is 6.08. The monoisotopic (exact) mass is 253 g/mol. The first-order chi connectivity index (χ1) is 7.71. The van der Waals surface area contributed by atoms with Crippen LogP contribution < -0.4 is 0 Å². The van der Waals surface area contributed by atoms with Gasteiger partial charge in [-0.1, -0.05) is 12.1 Å². The molecule has 91 valence electrons. The topological polar surface area (TPSA) is 17.1 Å². The van der Waals surface area contributed by atoms with E-state index >= 15 is 0 Å². The molecule has 1 nitrogen and oxygen atoms in total. The number of benzene rings is 1. The first-order valence-electron chi connectivity index (χ1n) is 4.35. The van der Waals surface area contributed by atoms with Crippen LogP contribution >= 0.6 is 0 Å². The number of carbonyl (C=O) groups excluding carboxylic acids is 1. The molecule has 1 aromatic rings. The fourth-order valence-electron chi connectivity index (χ4n) is 1.66. The molecule has 2 rings (SSSR count). The molecule has 1 aliphatic rings. The second-order valence-electron chi connectivity index (χ2n) is 3.46. The lowest BCUT2D eigenvalue weighted by molar-refractivity contribution is -0.176. The van der Waals surface area contributed by atoms with Crippen molar-refractivity contribution in [2.45, 2.75) is 18.3 Å². The van der Waals surface area contributed by atoms with E-state index in [1.54, 1.807) is 0 Å². The fourth-order valence-corrected chi connectivity index (χ4v) is 1.66. The Labute approximate surface area is 91.0 Å². The number of alkyl halides is 6. The Hall–Kier alpha value is -1.53. The standard InChI is InChI=1S/C10H3F6O/c11-8(12)4-2-1-3-5-6(4)7(17)10(15,16)9(5,13)14/h1,3,8H. The van der Waals surface area contributed by atoms with E-state index < -0.39 is 40.7 Å². The summed E-state index contributed by atoms with van der Waals surface area (Å²) in [5.74, 6) is -12.0. The van der Waals surface area contributed by atoms with Gasteiger partial charge in [0.05, 0.1) is 0 Å². The van der Waals surface area contributed by atoms with Gasteiger partial charge in [-0.15, -0.1) is 0 Å². The molecule has 0 bridgehead atoms. The van der Waals surface area contributed by atoms with Crippen molar-refractivity contribution in [2.24, 2.45) is 0 Å². The quantitative estimate of drug-likeness (QED) is 0.701. The molecule has 0 aliphatic heterocycles. The molecule has 0 spiro atoms. The van der Waals surface area contributed by atoms with Gasteiger partial charge in [0.1, 0.15) is 0 Å². The first-order valence-corrected chi connectivity index (χ1v) is 4.35. The number of halogens is 6. The van der Waals surface area contributed by atoms with E-state index in [1.165, 1.54) is 0 Å². The molecule has 0 amide bonds. The third kappa shape index (κ3) is 1.31. The molecule has 0 aromatic heterocycles. The summed E-state index contributed by atoms with van der Waals surface area (Å²) in [6.07, 6.45) is -3.32. The lowest BCUT2D eigenvalue weighted by Gasteiger charge is -2.16. The second kappa shape index (κ2) is 3.24. The van der Waals surface area contributed by atoms with Crippen LogP contribution in [0.2, 0.25) is 0 Å². The Kier molecular flexibility index (Phi) is 2.28. The zero-order chi connectivity index (χ0) is 13.0. The van der Waals surface area contributed by atoms with Crippen LogP contribution in [0.25, 0.3) is 0 Å². The summed E-state index contributed by atoms with van der Waals surface area (Å²) in [4.78, 5) is 11.1. The van der Waals surface area contributed by atoms with Crippen LogP contribution in [-0.4, -0.2) is 11.7 Å². The Morgan fingerprint density at radius 2 is 1.71 bits per heavy atom. The highest BCUT2D eigenvalue weighted by Crippen LogP contribution is 2.53. The van der Waals surface area contributed by atoms with Gasteiger partial charge in [-0.2, -0.15) is 17.6 Å². The normalized spacial score (nSPS) is 20.8. The predicted molar refractivity (Wildman–Crippen MR) is 43.4 cm³/mol. The number of hydrogen-bond acceptors (Lipinski definition) is 1. The molecule has 1 radical (unpaired) electrons. The van der Waals surface area contributed by atoms with Crippen LogP contribution in [0.4, 0.5) is 26.3 Å². The Morgan fingerprint density at radius 3 is 2.24 bits per heavy atom. The van der Waals surface area contributed by atoms with E-state index in [-0.39, 0.29) is 0 Å². The van der Waals surface area contributed by atoms with Gasteiger partial charge in [0.15, 0.2) is 0 Å². The average molecular weight is 253 g/mol. The molecule has 0 atom stereocenters. The number of ketones is 1. The largest absolute Gasteiger partial charge is 0.376 e. The number of carbonyl (C=O) groups is 1. The molecule has 17 heavy (non-hydrogen) atoms. The lowest BCUT2D eigenvalue weighted by Crippen LogP contribution is -2.38. The van der Waals surface area contributed by atoms with E-state index in [0.717, 1.165) is 0 Å². The van der Waals surface area contributed by atoms with Crippen LogP contribution in [0.1, 0.15) is 27.9 Å². The molecule has 0 saturated heterocycles. The maximum atomic E-state index is 13.2. The minimum absolute atomic E-state index is 0.500. The Bertz CT molecular complexity index is 494. The van der Waals surface area contributed by atoms with Crippen molar-refractivity contribution in [1.82, 2.24) is 0 Å². The number of Topliss-reactive ketones (excluding diaryl/α,β-unsaturated/α-hetero) is 1. The van der Waals surface area contributed by atoms with Crippen LogP contribution in [0.5, 0.6) is 0 Å². The van der Waals surface area contributed by atoms with Crippen molar-refractivity contribution in [3.8, 4) is 0 Å². The summed E-state index contributed by atoms with van der Waals surface area (Å²) >= 11 is 0. The molecule has 0 fully saturated rings. The van der Waals surface area contributed by atoms with Crippen molar-refractivity contribution in [3.05, 3.63) is 34.9 Å². The number of fused-ring (bicyclic) bond motifs is 1. The average Bonchev–Trinajstić information content (AvgIpc) is 2.38. The molecule has 0 saturated carbocycles. The summed E-state index contributed by atoms with van der Waals surface area (Å²) in [6, 6.07) is 3.01. The van der Waals surface area contributed by atoms with E-state index in [0.29, 0.717) is 12.1 Å². The van der Waals surface area contributed by atoms with Crippen molar-refractivity contribution in [3.63, 3.8) is 0 Å². The third-order valence-corrected chi connectivity index (χ3v) is 2.49. The van der Waals surface area contributed by atoms with E-state index in [2.05, 4.69) is 0 Å². The number of hydrogen-bond donors (Lipinski definition) is 0. The molecule has 7 heteroatoms. The van der Waals surface area contributed by atoms with Crippen LogP contribution in [0.3, 0.4) is 0 Å². The summed E-state index contributed by atoms with van der Waals surface area (Å²) < 4.78 is 77.2. The zero-order valence-corrected chi connectivity index (χ0v) is 7.91. The lowest BCUT2D eigenvalue weighted by atomic mass is 10.0. The van der Waals surface area contributed by atoms with Crippen molar-refractivity contribution in [1.29, 1.82) is 0 Å². The van der Waals surface area contributed by atoms with Crippen LogP contribution in [-0.2, 0) is 5.92 Å². The minimum Gasteiger partial charge on any atom is -0.287 e. The van der Waals surface area contributed by atoms with Gasteiger partial charge in [-0.05, 0) is 6.07 Å². The fraction of sp³-hybridized carbons (Fsp3) is 0.300. The van der Waals surface area contributed by atoms with E-state index in [9.17, 15) is 31.1 Å². The Morgan fingerprint density at radius 1 is 1.12 bits per heavy atom. The highest BCUT2D eigenvalue weighted by Gasteiger charge is 2.69. The maximum Gasteiger partial charge on any atom is 0.376 e. The smallest absolute Gasteiger partial charge is 0.287 e. The van der Waals surface area contributed by atoms with Gasteiger partial charge in [0, 0.05) is 16.7 Å². The SMILES string of the molecule is O=C1c2c(C(F)F)[c]ccc2C(F)(F)C1(F)F. The minimum atomic E-state index is -4.99. The van der Waals surface area contributed by atoms with E-state index in [4.69, 9.17) is 0 Å². The van der Waals surface area contributed by atoms with Crippen molar-refractivity contribution in [2.75, 3.05) is 0 Å². The molecule has 0 unspecified atom stereocenters. The van der Waals surface area contributed by atoms with Crippen molar-refractivity contribution < 1.29 is 31.1 Å². The summed E-state index contributed by atoms with van der Waals surface area (Å²) in [5.41, 5.74) is -3.91. The van der Waals surface area contributed by atoms with E-state index in [1.807, 2.05) is 6.07 Å². The van der Waals surface area contributed by atoms with Gasteiger partial charge in [-0.3, -0.25) is 4.79 Å². The predicted octanol–water partition coefficient (Wildman–Crippen LogP) is 3.35. The summed E-state index contributed by atoms with van der Waals surface area (Å²) in [6.45, 7) is 0. The van der Waals surface area contributed by atoms with Gasteiger partial charge in [0.25, 0.3) is 6.43 Å². The van der Waals surface area contributed by atoms with Gasteiger partial charge in [-0.25, -0.2) is 8.78 Å². The number of rotatable bonds is 1. The van der Waals surface area contributed by atoms with Gasteiger partial charge < -0.3 is 0 Å². The highest BCUT2D eigenvalue weighted by atomic mass is 19.3. The van der Waals surface area contributed by atoms with Crippen LogP contribution in [0.15, 0.2) is 12.1 Å². The molecular formula is C10H3F6O. The molecular weight excluding hydrogens is 250 g/mol. The molecule has 0 N–H and O–H groups in total.